The van der Waals surface area contributed by atoms with Gasteiger partial charge >= 0.3 is 6.03 Å². The molecule has 0 bridgehead atoms. The highest BCUT2D eigenvalue weighted by atomic mass is 19.3. The van der Waals surface area contributed by atoms with Crippen LogP contribution in [0.25, 0.3) is 0 Å². The molecular weight excluding hydrogens is 306 g/mol. The third-order valence-electron chi connectivity index (χ3n) is 3.78. The van der Waals surface area contributed by atoms with Crippen LogP contribution in [0.15, 0.2) is 0 Å². The quantitative estimate of drug-likeness (QED) is 0.653. The van der Waals surface area contributed by atoms with Gasteiger partial charge in [-0.25, -0.2) is 13.6 Å². The van der Waals surface area contributed by atoms with Gasteiger partial charge < -0.3 is 21.3 Å². The molecule has 0 aromatic heterocycles. The minimum absolute atomic E-state index is 0.0000454. The molecule has 3 amide bonds. The summed E-state index contributed by atoms with van der Waals surface area (Å²) in [6.45, 7) is 4.24. The van der Waals surface area contributed by atoms with Crippen molar-refractivity contribution in [2.75, 3.05) is 32.7 Å². The Kier molecular flexibility index (Phi) is 7.67. The second-order valence-corrected chi connectivity index (χ2v) is 6.58. The first kappa shape index (κ1) is 19.6. The maximum atomic E-state index is 13.0. The van der Waals surface area contributed by atoms with E-state index in [2.05, 4.69) is 10.6 Å². The molecule has 1 heterocycles. The highest BCUT2D eigenvalue weighted by Gasteiger charge is 2.29. The van der Waals surface area contributed by atoms with Crippen LogP contribution < -0.4 is 16.4 Å². The SMILES string of the molecule is CC(C)CNC(=O)N1CCCC(CC(=O)NCC(F)(F)CN)C1. The summed E-state index contributed by atoms with van der Waals surface area (Å²) in [7, 11) is 0. The van der Waals surface area contributed by atoms with E-state index in [9.17, 15) is 18.4 Å². The van der Waals surface area contributed by atoms with Crippen molar-refractivity contribution in [3.63, 3.8) is 0 Å². The maximum absolute atomic E-state index is 13.0. The Morgan fingerprint density at radius 3 is 2.65 bits per heavy atom. The summed E-state index contributed by atoms with van der Waals surface area (Å²) in [6, 6.07) is -0.126. The fourth-order valence-electron chi connectivity index (χ4n) is 2.45. The zero-order valence-electron chi connectivity index (χ0n) is 13.9. The van der Waals surface area contributed by atoms with Crippen molar-refractivity contribution >= 4 is 11.9 Å². The predicted octanol–water partition coefficient (Wildman–Crippen LogP) is 1.16. The number of hydrogen-bond donors (Lipinski definition) is 3. The van der Waals surface area contributed by atoms with Crippen molar-refractivity contribution in [1.29, 1.82) is 0 Å². The van der Waals surface area contributed by atoms with Gasteiger partial charge in [0.05, 0.1) is 13.1 Å². The van der Waals surface area contributed by atoms with Crippen LogP contribution in [-0.2, 0) is 4.79 Å². The molecule has 23 heavy (non-hydrogen) atoms. The number of piperidine rings is 1. The number of hydrogen-bond acceptors (Lipinski definition) is 3. The molecule has 1 aliphatic heterocycles. The first-order valence-electron chi connectivity index (χ1n) is 8.11. The predicted molar refractivity (Wildman–Crippen MR) is 84.2 cm³/mol. The van der Waals surface area contributed by atoms with Gasteiger partial charge in [0.15, 0.2) is 0 Å². The van der Waals surface area contributed by atoms with Gasteiger partial charge in [0.2, 0.25) is 5.91 Å². The molecule has 0 saturated carbocycles. The molecule has 8 heteroatoms. The van der Waals surface area contributed by atoms with Crippen LogP contribution in [0.1, 0.15) is 33.1 Å². The summed E-state index contributed by atoms with van der Waals surface area (Å²) in [6.07, 6.45) is 1.77. The number of halogens is 2. The third-order valence-corrected chi connectivity index (χ3v) is 3.78. The van der Waals surface area contributed by atoms with Crippen LogP contribution in [-0.4, -0.2) is 55.5 Å². The van der Waals surface area contributed by atoms with Gasteiger partial charge in [0.25, 0.3) is 5.92 Å². The van der Waals surface area contributed by atoms with Crippen LogP contribution in [0.3, 0.4) is 0 Å². The first-order valence-corrected chi connectivity index (χ1v) is 8.11. The number of nitrogens with zero attached hydrogens (tertiary/aromatic N) is 1. The van der Waals surface area contributed by atoms with E-state index in [4.69, 9.17) is 5.73 Å². The second-order valence-electron chi connectivity index (χ2n) is 6.58. The monoisotopic (exact) mass is 334 g/mol. The van der Waals surface area contributed by atoms with E-state index in [1.165, 1.54) is 0 Å². The summed E-state index contributed by atoms with van der Waals surface area (Å²) < 4.78 is 26.0. The molecule has 1 unspecified atom stereocenters. The fourth-order valence-corrected chi connectivity index (χ4v) is 2.45. The van der Waals surface area contributed by atoms with Gasteiger partial charge in [0, 0.05) is 26.1 Å². The van der Waals surface area contributed by atoms with E-state index in [1.54, 1.807) is 4.90 Å². The number of likely N-dealkylation sites (tertiary alicyclic amines) is 1. The minimum atomic E-state index is -3.08. The molecule has 1 saturated heterocycles. The van der Waals surface area contributed by atoms with E-state index >= 15 is 0 Å². The molecule has 0 aromatic carbocycles. The number of carbonyl (C=O) groups is 2. The molecule has 0 aliphatic carbocycles. The van der Waals surface area contributed by atoms with Crippen LogP contribution in [0.5, 0.6) is 0 Å². The average molecular weight is 334 g/mol. The highest BCUT2D eigenvalue weighted by molar-refractivity contribution is 5.77. The fraction of sp³-hybridized carbons (Fsp3) is 0.867. The lowest BCUT2D eigenvalue weighted by molar-refractivity contribution is -0.124. The van der Waals surface area contributed by atoms with E-state index < -0.39 is 24.9 Å². The van der Waals surface area contributed by atoms with E-state index in [0.717, 1.165) is 12.8 Å². The Hall–Kier alpha value is -1.44. The lowest BCUT2D eigenvalue weighted by Crippen LogP contribution is -2.47. The van der Waals surface area contributed by atoms with Crippen molar-refractivity contribution in [1.82, 2.24) is 15.5 Å². The van der Waals surface area contributed by atoms with Crippen molar-refractivity contribution in [2.24, 2.45) is 17.6 Å². The third kappa shape index (κ3) is 7.58. The first-order chi connectivity index (χ1) is 10.7. The Morgan fingerprint density at radius 2 is 2.04 bits per heavy atom. The zero-order chi connectivity index (χ0) is 17.5. The molecule has 0 aromatic rings. The maximum Gasteiger partial charge on any atom is 0.317 e. The van der Waals surface area contributed by atoms with Gasteiger partial charge in [-0.3, -0.25) is 4.79 Å². The Balaban J connectivity index is 2.37. The molecule has 1 fully saturated rings. The van der Waals surface area contributed by atoms with Crippen LogP contribution in [0.2, 0.25) is 0 Å². The van der Waals surface area contributed by atoms with Gasteiger partial charge in [-0.1, -0.05) is 13.8 Å². The van der Waals surface area contributed by atoms with Crippen LogP contribution >= 0.6 is 0 Å². The van der Waals surface area contributed by atoms with Crippen molar-refractivity contribution < 1.29 is 18.4 Å². The summed E-state index contributed by atoms with van der Waals surface area (Å²) in [4.78, 5) is 25.5. The normalized spacial score (nSPS) is 18.9. The molecule has 4 N–H and O–H groups in total. The number of urea groups is 1. The summed E-state index contributed by atoms with van der Waals surface area (Å²) >= 11 is 0. The van der Waals surface area contributed by atoms with E-state index in [-0.39, 0.29) is 18.4 Å². The number of nitrogens with one attached hydrogen (secondary N) is 2. The minimum Gasteiger partial charge on any atom is -0.350 e. The Bertz CT molecular complexity index is 405. The van der Waals surface area contributed by atoms with Crippen LogP contribution in [0, 0.1) is 11.8 Å². The zero-order valence-corrected chi connectivity index (χ0v) is 13.9. The van der Waals surface area contributed by atoms with Crippen molar-refractivity contribution in [3.8, 4) is 0 Å². The lowest BCUT2D eigenvalue weighted by atomic mass is 9.94. The molecule has 1 rings (SSSR count). The van der Waals surface area contributed by atoms with Gasteiger partial charge in [0.1, 0.15) is 0 Å². The number of carbonyl (C=O) groups excluding carboxylic acids is 2. The molecule has 0 spiro atoms. The van der Waals surface area contributed by atoms with Crippen LogP contribution in [0.4, 0.5) is 13.6 Å². The van der Waals surface area contributed by atoms with Crippen molar-refractivity contribution in [3.05, 3.63) is 0 Å². The number of amides is 3. The van der Waals surface area contributed by atoms with E-state index in [1.807, 2.05) is 13.8 Å². The smallest absolute Gasteiger partial charge is 0.317 e. The second kappa shape index (κ2) is 9.00. The Labute approximate surface area is 136 Å². The number of alkyl halides is 2. The molecule has 6 nitrogen and oxygen atoms in total. The highest BCUT2D eigenvalue weighted by Crippen LogP contribution is 2.20. The van der Waals surface area contributed by atoms with E-state index in [0.29, 0.717) is 25.6 Å². The Morgan fingerprint density at radius 1 is 1.35 bits per heavy atom. The number of rotatable bonds is 7. The summed E-state index contributed by atoms with van der Waals surface area (Å²) in [5, 5.41) is 5.07. The number of nitrogens with two attached hydrogens (primary N) is 1. The summed E-state index contributed by atoms with van der Waals surface area (Å²) in [5.41, 5.74) is 4.93. The molecular formula is C15H28F2N4O2. The van der Waals surface area contributed by atoms with Gasteiger partial charge in [-0.15, -0.1) is 0 Å². The molecule has 134 valence electrons. The lowest BCUT2D eigenvalue weighted by Gasteiger charge is -2.32. The molecule has 0 radical (unpaired) electrons. The average Bonchev–Trinajstić information content (AvgIpc) is 2.51. The van der Waals surface area contributed by atoms with Crippen molar-refractivity contribution in [2.45, 2.75) is 39.0 Å². The van der Waals surface area contributed by atoms with Gasteiger partial charge in [-0.2, -0.15) is 0 Å². The largest absolute Gasteiger partial charge is 0.350 e. The van der Waals surface area contributed by atoms with Gasteiger partial charge in [-0.05, 0) is 24.7 Å². The standard InChI is InChI=1S/C15H28F2N4O2/c1-11(2)7-19-14(23)21-5-3-4-12(8-21)6-13(22)20-10-15(16,17)9-18/h11-12H,3-10,18H2,1-2H3,(H,19,23)(H,20,22). The molecule has 1 aliphatic rings. The topological polar surface area (TPSA) is 87.5 Å². The molecule has 1 atom stereocenters. The summed E-state index contributed by atoms with van der Waals surface area (Å²) in [5.74, 6) is -3.13.